The minimum atomic E-state index is -1.31. The van der Waals surface area contributed by atoms with Crippen molar-refractivity contribution < 1.29 is 23.8 Å². The normalized spacial score (nSPS) is 21.9. The summed E-state index contributed by atoms with van der Waals surface area (Å²) in [5, 5.41) is 9.53. The number of aromatic carboxylic acids is 1. The van der Waals surface area contributed by atoms with E-state index in [0.29, 0.717) is 30.9 Å². The molecule has 2 saturated heterocycles. The van der Waals surface area contributed by atoms with E-state index in [4.69, 9.17) is 9.47 Å². The summed E-state index contributed by atoms with van der Waals surface area (Å²) >= 11 is 0. The number of methoxy groups -OCH3 is 1. The minimum absolute atomic E-state index is 0.0387. The Kier molecular flexibility index (Phi) is 5.54. The van der Waals surface area contributed by atoms with Gasteiger partial charge in [0.1, 0.15) is 11.3 Å². The molecule has 0 radical (unpaired) electrons. The molecule has 1 aromatic heterocycles. The molecule has 32 heavy (non-hydrogen) atoms. The van der Waals surface area contributed by atoms with E-state index in [0.717, 1.165) is 32.5 Å². The van der Waals surface area contributed by atoms with Gasteiger partial charge in [-0.3, -0.25) is 4.79 Å². The zero-order chi connectivity index (χ0) is 22.4. The lowest BCUT2D eigenvalue weighted by Gasteiger charge is -2.37. The molecule has 1 saturated carbocycles. The summed E-state index contributed by atoms with van der Waals surface area (Å²) < 4.78 is 28.9. The molecule has 1 aliphatic carbocycles. The summed E-state index contributed by atoms with van der Waals surface area (Å²) in [5.41, 5.74) is -0.270. The van der Waals surface area contributed by atoms with E-state index < -0.39 is 17.2 Å². The van der Waals surface area contributed by atoms with E-state index >= 15 is 4.39 Å². The topological polar surface area (TPSA) is 84.2 Å². The van der Waals surface area contributed by atoms with Crippen LogP contribution >= 0.6 is 0 Å². The van der Waals surface area contributed by atoms with Gasteiger partial charge in [-0.25, -0.2) is 9.18 Å². The number of morpholine rings is 1. The molecule has 3 fully saturated rings. The Hall–Kier alpha value is -2.65. The van der Waals surface area contributed by atoms with Crippen molar-refractivity contribution >= 4 is 22.6 Å². The van der Waals surface area contributed by atoms with Crippen molar-refractivity contribution in [2.45, 2.75) is 37.8 Å². The first kappa shape index (κ1) is 21.2. The highest BCUT2D eigenvalue weighted by atomic mass is 19.1. The molecule has 1 unspecified atom stereocenters. The van der Waals surface area contributed by atoms with Gasteiger partial charge in [0, 0.05) is 31.9 Å². The van der Waals surface area contributed by atoms with E-state index in [-0.39, 0.29) is 28.8 Å². The average molecular weight is 445 g/mol. The van der Waals surface area contributed by atoms with Crippen LogP contribution in [0.5, 0.6) is 5.75 Å². The number of halogens is 1. The monoisotopic (exact) mass is 445 g/mol. The Morgan fingerprint density at radius 2 is 2.03 bits per heavy atom. The minimum Gasteiger partial charge on any atom is -0.492 e. The van der Waals surface area contributed by atoms with Crippen LogP contribution in [0.4, 0.5) is 10.1 Å². The lowest BCUT2D eigenvalue weighted by atomic mass is 10.1. The highest BCUT2D eigenvalue weighted by molar-refractivity contribution is 5.97. The van der Waals surface area contributed by atoms with Crippen molar-refractivity contribution in [1.29, 1.82) is 0 Å². The zero-order valence-corrected chi connectivity index (χ0v) is 18.2. The fourth-order valence-corrected chi connectivity index (χ4v) is 5.01. The number of carboxylic acid groups (broad SMARTS) is 1. The Bertz CT molecular complexity index is 1110. The third-order valence-corrected chi connectivity index (χ3v) is 6.69. The van der Waals surface area contributed by atoms with Crippen LogP contribution in [0.2, 0.25) is 0 Å². The maximum Gasteiger partial charge on any atom is 0.341 e. The van der Waals surface area contributed by atoms with E-state index in [1.807, 2.05) is 4.90 Å². The summed E-state index contributed by atoms with van der Waals surface area (Å²) in [4.78, 5) is 28.8. The lowest BCUT2D eigenvalue weighted by Crippen LogP contribution is -2.47. The van der Waals surface area contributed by atoms with Gasteiger partial charge in [0.05, 0.1) is 30.7 Å². The molecule has 9 heteroatoms. The third-order valence-electron chi connectivity index (χ3n) is 6.69. The van der Waals surface area contributed by atoms with Crippen LogP contribution in [0.25, 0.3) is 10.9 Å². The predicted molar refractivity (Wildman–Crippen MR) is 118 cm³/mol. The lowest BCUT2D eigenvalue weighted by molar-refractivity contribution is 0.0199. The first-order valence-electron chi connectivity index (χ1n) is 11.3. The fraction of sp³-hybridized carbons (Fsp3) is 0.565. The number of aromatic nitrogens is 1. The number of carboxylic acids is 1. The molecule has 3 heterocycles. The second-order valence-electron chi connectivity index (χ2n) is 8.90. The summed E-state index contributed by atoms with van der Waals surface area (Å²) in [6.07, 6.45) is 5.48. The first-order valence-corrected chi connectivity index (χ1v) is 11.3. The van der Waals surface area contributed by atoms with Crippen molar-refractivity contribution in [3.63, 3.8) is 0 Å². The van der Waals surface area contributed by atoms with Crippen LogP contribution in [0.3, 0.4) is 0 Å². The molecule has 1 atom stereocenters. The molecule has 8 nitrogen and oxygen atoms in total. The van der Waals surface area contributed by atoms with Crippen LogP contribution in [0, 0.1) is 5.82 Å². The molecule has 0 spiro atoms. The van der Waals surface area contributed by atoms with Crippen molar-refractivity contribution in [3.8, 4) is 5.75 Å². The number of ether oxygens (including phenoxy) is 2. The number of likely N-dealkylation sites (tertiary alicyclic amines) is 1. The fourth-order valence-electron chi connectivity index (χ4n) is 5.01. The molecule has 2 aliphatic heterocycles. The predicted octanol–water partition coefficient (Wildman–Crippen LogP) is 2.48. The van der Waals surface area contributed by atoms with Gasteiger partial charge in [-0.1, -0.05) is 0 Å². The van der Waals surface area contributed by atoms with Crippen molar-refractivity contribution in [2.24, 2.45) is 0 Å². The van der Waals surface area contributed by atoms with Crippen LogP contribution in [-0.4, -0.2) is 73.1 Å². The number of hydrogen-bond donors (Lipinski definition) is 1. The van der Waals surface area contributed by atoms with E-state index in [1.54, 1.807) is 4.57 Å². The SMILES string of the molecule is COc1c(N2CCOC(CN3CCCC3)C2)c(F)cc2c(=O)c(C(=O)O)cn(C3CC3)c12. The quantitative estimate of drug-likeness (QED) is 0.731. The van der Waals surface area contributed by atoms with Crippen LogP contribution in [0.1, 0.15) is 42.1 Å². The van der Waals surface area contributed by atoms with Crippen LogP contribution < -0.4 is 15.1 Å². The van der Waals surface area contributed by atoms with Gasteiger partial charge in [-0.2, -0.15) is 0 Å². The summed E-state index contributed by atoms with van der Waals surface area (Å²) in [6.45, 7) is 4.45. The van der Waals surface area contributed by atoms with Crippen molar-refractivity contribution in [3.05, 3.63) is 33.9 Å². The molecule has 1 N–H and O–H groups in total. The largest absolute Gasteiger partial charge is 0.492 e. The van der Waals surface area contributed by atoms with Gasteiger partial charge in [0.2, 0.25) is 5.43 Å². The highest BCUT2D eigenvalue weighted by Gasteiger charge is 2.33. The van der Waals surface area contributed by atoms with Crippen LogP contribution in [-0.2, 0) is 4.74 Å². The molecule has 0 amide bonds. The van der Waals surface area contributed by atoms with E-state index in [9.17, 15) is 14.7 Å². The molecular formula is C23H28FN3O5. The molecule has 1 aromatic carbocycles. The second-order valence-corrected chi connectivity index (χ2v) is 8.90. The first-order chi connectivity index (χ1) is 15.5. The second kappa shape index (κ2) is 8.37. The number of fused-ring (bicyclic) bond motifs is 1. The number of hydrogen-bond acceptors (Lipinski definition) is 6. The Morgan fingerprint density at radius 3 is 2.69 bits per heavy atom. The Morgan fingerprint density at radius 1 is 1.28 bits per heavy atom. The van der Waals surface area contributed by atoms with E-state index in [2.05, 4.69) is 4.90 Å². The number of carbonyl (C=O) groups is 1. The van der Waals surface area contributed by atoms with Crippen molar-refractivity contribution in [1.82, 2.24) is 9.47 Å². The van der Waals surface area contributed by atoms with Gasteiger partial charge in [-0.15, -0.1) is 0 Å². The molecule has 2 aromatic rings. The van der Waals surface area contributed by atoms with Gasteiger partial charge in [0.15, 0.2) is 11.6 Å². The highest BCUT2D eigenvalue weighted by Crippen LogP contribution is 2.44. The molecule has 3 aliphatic rings. The molecule has 0 bridgehead atoms. The van der Waals surface area contributed by atoms with Crippen molar-refractivity contribution in [2.75, 3.05) is 51.3 Å². The van der Waals surface area contributed by atoms with Gasteiger partial charge >= 0.3 is 5.97 Å². The van der Waals surface area contributed by atoms with Gasteiger partial charge < -0.3 is 28.9 Å². The van der Waals surface area contributed by atoms with E-state index in [1.165, 1.54) is 32.2 Å². The summed E-state index contributed by atoms with van der Waals surface area (Å²) in [6, 6.07) is 1.25. The number of rotatable bonds is 6. The Balaban J connectivity index is 1.59. The maximum absolute atomic E-state index is 15.5. The number of nitrogens with zero attached hydrogens (tertiary/aromatic N) is 3. The average Bonchev–Trinajstić information content (AvgIpc) is 3.49. The molecular weight excluding hydrogens is 417 g/mol. The number of benzene rings is 1. The van der Waals surface area contributed by atoms with Gasteiger partial charge in [-0.05, 0) is 44.8 Å². The summed E-state index contributed by atoms with van der Waals surface area (Å²) in [5.74, 6) is -1.62. The molecule has 172 valence electrons. The maximum atomic E-state index is 15.5. The van der Waals surface area contributed by atoms with Gasteiger partial charge in [0.25, 0.3) is 0 Å². The smallest absolute Gasteiger partial charge is 0.341 e. The molecule has 5 rings (SSSR count). The summed E-state index contributed by atoms with van der Waals surface area (Å²) in [7, 11) is 1.46. The third kappa shape index (κ3) is 3.73. The number of pyridine rings is 1. The standard InChI is InChI=1S/C23H28FN3O5/c1-31-22-19-16(21(28)17(23(29)30)13-27(19)14-4-5-14)10-18(24)20(22)26-8-9-32-15(12-26)11-25-6-2-3-7-25/h10,13-15H,2-9,11-12H2,1H3,(H,29,30). The number of anilines is 1. The van der Waals surface area contributed by atoms with Crippen LogP contribution in [0.15, 0.2) is 17.1 Å². The zero-order valence-electron chi connectivity index (χ0n) is 18.2. The Labute approximate surface area is 185 Å².